The highest BCUT2D eigenvalue weighted by atomic mass is 35.5. The summed E-state index contributed by atoms with van der Waals surface area (Å²) in [5, 5.41) is 4.59. The molecule has 0 spiro atoms. The van der Waals surface area contributed by atoms with Crippen LogP contribution in [-0.4, -0.2) is 23.4 Å². The van der Waals surface area contributed by atoms with Gasteiger partial charge in [-0.3, -0.25) is 0 Å². The smallest absolute Gasteiger partial charge is 0.248 e. The summed E-state index contributed by atoms with van der Waals surface area (Å²) in [6.45, 7) is 1.58. The van der Waals surface area contributed by atoms with Crippen LogP contribution in [0.25, 0.3) is 0 Å². The van der Waals surface area contributed by atoms with Gasteiger partial charge in [-0.25, -0.2) is 0 Å². The molecular formula is C14H16ClN3O2. The number of rotatable bonds is 4. The van der Waals surface area contributed by atoms with E-state index in [4.69, 9.17) is 26.6 Å². The van der Waals surface area contributed by atoms with E-state index >= 15 is 0 Å². The van der Waals surface area contributed by atoms with Crippen molar-refractivity contribution in [3.8, 4) is 0 Å². The van der Waals surface area contributed by atoms with Crippen LogP contribution in [0.5, 0.6) is 0 Å². The van der Waals surface area contributed by atoms with E-state index in [1.807, 2.05) is 18.2 Å². The maximum atomic E-state index is 6.13. The average molecular weight is 294 g/mol. The summed E-state index contributed by atoms with van der Waals surface area (Å²) in [5.41, 5.74) is 6.92. The van der Waals surface area contributed by atoms with Crippen LogP contribution in [0.15, 0.2) is 28.8 Å². The van der Waals surface area contributed by atoms with Gasteiger partial charge in [-0.05, 0) is 24.0 Å². The Labute approximate surface area is 122 Å². The van der Waals surface area contributed by atoms with Crippen molar-refractivity contribution in [1.82, 2.24) is 10.1 Å². The monoisotopic (exact) mass is 293 g/mol. The van der Waals surface area contributed by atoms with Crippen LogP contribution in [0.1, 0.15) is 29.7 Å². The first kappa shape index (κ1) is 13.5. The number of benzene rings is 1. The Morgan fingerprint density at radius 2 is 2.25 bits per heavy atom. The Hall–Kier alpha value is -1.43. The second-order valence-corrected chi connectivity index (χ2v) is 5.39. The minimum atomic E-state index is -0.496. The first-order valence-electron chi connectivity index (χ1n) is 6.64. The fourth-order valence-corrected chi connectivity index (χ4v) is 2.59. The standard InChI is InChI=1S/C14H16ClN3O2/c15-11-4-2-1-3-10(11)13(16)14-17-12(18-20-14)7-9-5-6-19-8-9/h1-4,9,13H,5-8,16H2/t9?,13-/m1/s1. The first-order valence-corrected chi connectivity index (χ1v) is 7.02. The molecule has 1 fully saturated rings. The van der Waals surface area contributed by atoms with E-state index < -0.39 is 6.04 Å². The molecule has 2 N–H and O–H groups in total. The SMILES string of the molecule is N[C@@H](c1nc(CC2CCOC2)no1)c1ccccc1Cl. The van der Waals surface area contributed by atoms with Gasteiger partial charge in [-0.1, -0.05) is 35.0 Å². The second kappa shape index (κ2) is 5.91. The van der Waals surface area contributed by atoms with Crippen molar-refractivity contribution in [3.05, 3.63) is 46.6 Å². The molecule has 6 heteroatoms. The molecule has 0 radical (unpaired) electrons. The summed E-state index contributed by atoms with van der Waals surface area (Å²) in [6, 6.07) is 6.90. The Bertz CT molecular complexity index is 581. The highest BCUT2D eigenvalue weighted by Crippen LogP contribution is 2.25. The number of nitrogens with two attached hydrogens (primary N) is 1. The van der Waals surface area contributed by atoms with Crippen molar-refractivity contribution in [2.24, 2.45) is 11.7 Å². The molecule has 20 heavy (non-hydrogen) atoms. The van der Waals surface area contributed by atoms with Crippen molar-refractivity contribution in [3.63, 3.8) is 0 Å². The zero-order valence-corrected chi connectivity index (χ0v) is 11.7. The van der Waals surface area contributed by atoms with E-state index in [9.17, 15) is 0 Å². The third kappa shape index (κ3) is 2.85. The van der Waals surface area contributed by atoms with Gasteiger partial charge >= 0.3 is 0 Å². The highest BCUT2D eigenvalue weighted by Gasteiger charge is 2.22. The van der Waals surface area contributed by atoms with E-state index in [2.05, 4.69) is 10.1 Å². The third-order valence-corrected chi connectivity index (χ3v) is 3.83. The molecule has 0 amide bonds. The van der Waals surface area contributed by atoms with Gasteiger partial charge < -0.3 is 15.0 Å². The van der Waals surface area contributed by atoms with Gasteiger partial charge in [0.1, 0.15) is 6.04 Å². The Kier molecular flexibility index (Phi) is 4.00. The molecule has 1 aliphatic rings. The fraction of sp³-hybridized carbons (Fsp3) is 0.429. The van der Waals surface area contributed by atoms with Gasteiger partial charge in [0.05, 0.1) is 0 Å². The second-order valence-electron chi connectivity index (χ2n) is 4.98. The van der Waals surface area contributed by atoms with Crippen LogP contribution in [0.4, 0.5) is 0 Å². The van der Waals surface area contributed by atoms with Gasteiger partial charge in [-0.15, -0.1) is 0 Å². The van der Waals surface area contributed by atoms with Crippen LogP contribution < -0.4 is 5.73 Å². The fourth-order valence-electron chi connectivity index (χ4n) is 2.34. The minimum Gasteiger partial charge on any atom is -0.381 e. The van der Waals surface area contributed by atoms with Crippen LogP contribution >= 0.6 is 11.6 Å². The van der Waals surface area contributed by atoms with Gasteiger partial charge in [-0.2, -0.15) is 4.98 Å². The number of halogens is 1. The summed E-state index contributed by atoms with van der Waals surface area (Å²) in [6.07, 6.45) is 1.80. The van der Waals surface area contributed by atoms with E-state index in [0.29, 0.717) is 22.7 Å². The summed E-state index contributed by atoms with van der Waals surface area (Å²) >= 11 is 6.13. The largest absolute Gasteiger partial charge is 0.381 e. The molecule has 1 aromatic heterocycles. The lowest BCUT2D eigenvalue weighted by Gasteiger charge is -2.08. The Balaban J connectivity index is 1.74. The van der Waals surface area contributed by atoms with Crippen molar-refractivity contribution in [1.29, 1.82) is 0 Å². The highest BCUT2D eigenvalue weighted by molar-refractivity contribution is 6.31. The maximum absolute atomic E-state index is 6.13. The number of nitrogens with zero attached hydrogens (tertiary/aromatic N) is 2. The predicted octanol–water partition coefficient (Wildman–Crippen LogP) is 2.35. The zero-order chi connectivity index (χ0) is 13.9. The molecule has 106 valence electrons. The van der Waals surface area contributed by atoms with Gasteiger partial charge in [0.2, 0.25) is 5.89 Å². The zero-order valence-electron chi connectivity index (χ0n) is 11.0. The number of aromatic nitrogens is 2. The summed E-state index contributed by atoms with van der Waals surface area (Å²) in [4.78, 5) is 4.37. The van der Waals surface area contributed by atoms with E-state index in [1.165, 1.54) is 0 Å². The molecule has 1 unspecified atom stereocenters. The molecule has 1 aromatic carbocycles. The lowest BCUT2D eigenvalue weighted by molar-refractivity contribution is 0.185. The molecule has 5 nitrogen and oxygen atoms in total. The average Bonchev–Trinajstić information content (AvgIpc) is 3.11. The van der Waals surface area contributed by atoms with Crippen LogP contribution in [0, 0.1) is 5.92 Å². The van der Waals surface area contributed by atoms with Gasteiger partial charge in [0.15, 0.2) is 5.82 Å². The molecule has 0 aliphatic carbocycles. The van der Waals surface area contributed by atoms with Crippen LogP contribution in [0.3, 0.4) is 0 Å². The van der Waals surface area contributed by atoms with Crippen LogP contribution in [-0.2, 0) is 11.2 Å². The molecule has 2 aromatic rings. The molecule has 0 saturated carbocycles. The van der Waals surface area contributed by atoms with Crippen molar-refractivity contribution in [2.45, 2.75) is 18.9 Å². The quantitative estimate of drug-likeness (QED) is 0.936. The molecule has 1 saturated heterocycles. The number of ether oxygens (including phenoxy) is 1. The molecule has 1 aliphatic heterocycles. The van der Waals surface area contributed by atoms with E-state index in [1.54, 1.807) is 6.07 Å². The summed E-state index contributed by atoms with van der Waals surface area (Å²) in [7, 11) is 0. The van der Waals surface area contributed by atoms with Gasteiger partial charge in [0.25, 0.3) is 0 Å². The molecule has 2 heterocycles. The van der Waals surface area contributed by atoms with E-state index in [-0.39, 0.29) is 0 Å². The minimum absolute atomic E-state index is 0.395. The summed E-state index contributed by atoms with van der Waals surface area (Å²) in [5.74, 6) is 1.54. The normalized spacial score (nSPS) is 20.2. The molecule has 3 rings (SSSR count). The summed E-state index contributed by atoms with van der Waals surface area (Å²) < 4.78 is 10.6. The topological polar surface area (TPSA) is 74.2 Å². The Morgan fingerprint density at radius 3 is 3.00 bits per heavy atom. The van der Waals surface area contributed by atoms with E-state index in [0.717, 1.165) is 31.6 Å². The lowest BCUT2D eigenvalue weighted by Crippen LogP contribution is -2.13. The van der Waals surface area contributed by atoms with Gasteiger partial charge in [0, 0.05) is 24.7 Å². The maximum Gasteiger partial charge on any atom is 0.248 e. The van der Waals surface area contributed by atoms with Crippen molar-refractivity contribution in [2.75, 3.05) is 13.2 Å². The third-order valence-electron chi connectivity index (χ3n) is 3.49. The number of hydrogen-bond acceptors (Lipinski definition) is 5. The first-order chi connectivity index (χ1) is 9.74. The Morgan fingerprint density at radius 1 is 1.40 bits per heavy atom. The molecule has 2 atom stereocenters. The van der Waals surface area contributed by atoms with Crippen molar-refractivity contribution < 1.29 is 9.26 Å². The molecular weight excluding hydrogens is 278 g/mol. The van der Waals surface area contributed by atoms with Crippen LogP contribution in [0.2, 0.25) is 5.02 Å². The lowest BCUT2D eigenvalue weighted by atomic mass is 10.1. The molecule has 0 bridgehead atoms. The number of hydrogen-bond donors (Lipinski definition) is 1. The van der Waals surface area contributed by atoms with Crippen molar-refractivity contribution >= 4 is 11.6 Å². The predicted molar refractivity (Wildman–Crippen MR) is 74.4 cm³/mol.